The molecule has 0 radical (unpaired) electrons. The molecule has 1 aliphatic rings. The van der Waals surface area contributed by atoms with Gasteiger partial charge in [0.1, 0.15) is 16.3 Å². The van der Waals surface area contributed by atoms with Crippen molar-refractivity contribution >= 4 is 27.5 Å². The van der Waals surface area contributed by atoms with Crippen LogP contribution in [-0.4, -0.2) is 48.1 Å². The van der Waals surface area contributed by atoms with E-state index in [4.69, 9.17) is 0 Å². The monoisotopic (exact) mass is 372 g/mol. The van der Waals surface area contributed by atoms with Gasteiger partial charge in [-0.1, -0.05) is 12.1 Å². The number of benzene rings is 1. The number of rotatable bonds is 4. The lowest BCUT2D eigenvalue weighted by Gasteiger charge is -2.31. The number of nitrogens with one attached hydrogen (secondary N) is 1. The molecule has 1 aromatic carbocycles. The number of carbonyl (C=O) groups is 1. The molecule has 1 amide bonds. The molecule has 3 heterocycles. The van der Waals surface area contributed by atoms with Crippen molar-refractivity contribution in [3.05, 3.63) is 58.9 Å². The maximum Gasteiger partial charge on any atom is 0.270 e. The lowest BCUT2D eigenvalue weighted by Crippen LogP contribution is -3.14. The summed E-state index contributed by atoms with van der Waals surface area (Å²) in [5.41, 5.74) is 1.72. The summed E-state index contributed by atoms with van der Waals surface area (Å²) in [7, 11) is 0. The Morgan fingerprint density at radius 3 is 2.62 bits per heavy atom. The van der Waals surface area contributed by atoms with Crippen molar-refractivity contribution in [2.24, 2.45) is 0 Å². The van der Waals surface area contributed by atoms with Gasteiger partial charge in [-0.15, -0.1) is 11.3 Å². The number of piperazine rings is 1. The third kappa shape index (κ3) is 3.27. The van der Waals surface area contributed by atoms with Crippen LogP contribution in [0.2, 0.25) is 0 Å². The maximum absolute atomic E-state index is 13.2. The highest BCUT2D eigenvalue weighted by molar-refractivity contribution is 7.16. The summed E-state index contributed by atoms with van der Waals surface area (Å²) in [5.74, 6) is -0.138. The number of hydrogen-bond donors (Lipinski definition) is 1. The second-order valence-corrected chi connectivity index (χ2v) is 7.71. The molecule has 0 bridgehead atoms. The topological polar surface area (TPSA) is 29.7 Å². The second-order valence-electron chi connectivity index (χ2n) is 6.82. The Labute approximate surface area is 156 Å². The number of nitrogens with zero attached hydrogens (tertiary/aromatic N) is 2. The number of halogens is 1. The summed E-state index contributed by atoms with van der Waals surface area (Å²) in [6.45, 7) is 7.50. The Balaban J connectivity index is 1.63. The van der Waals surface area contributed by atoms with Crippen molar-refractivity contribution in [1.82, 2.24) is 9.47 Å². The van der Waals surface area contributed by atoms with Gasteiger partial charge in [0.05, 0.1) is 32.7 Å². The third-order valence-corrected chi connectivity index (χ3v) is 6.18. The Morgan fingerprint density at radius 2 is 1.92 bits per heavy atom. The minimum absolute atomic E-state index is 0.102. The molecule has 4 rings (SSSR count). The summed E-state index contributed by atoms with van der Waals surface area (Å²) in [5, 5.41) is 3.14. The average Bonchev–Trinajstić information content (AvgIpc) is 3.25. The molecule has 0 unspecified atom stereocenters. The largest absolute Gasteiger partial charge is 0.332 e. The van der Waals surface area contributed by atoms with E-state index in [1.165, 1.54) is 12.1 Å². The van der Waals surface area contributed by atoms with E-state index in [1.54, 1.807) is 28.4 Å². The zero-order valence-corrected chi connectivity index (χ0v) is 15.7. The number of hydrogen-bond acceptors (Lipinski definition) is 2. The molecule has 26 heavy (non-hydrogen) atoms. The fraction of sp³-hybridized carbons (Fsp3) is 0.350. The Bertz CT molecular complexity index is 907. The first kappa shape index (κ1) is 17.2. The molecule has 0 atom stereocenters. The lowest BCUT2D eigenvalue weighted by molar-refractivity contribution is -0.902. The fourth-order valence-corrected chi connectivity index (χ4v) is 4.52. The molecule has 136 valence electrons. The Kier molecular flexibility index (Phi) is 4.78. The van der Waals surface area contributed by atoms with Crippen LogP contribution in [0.25, 0.3) is 10.2 Å². The third-order valence-electron chi connectivity index (χ3n) is 5.23. The SMILES string of the molecule is CC[NH+]1CCN(C(=O)c2cc3ccsc3n2Cc2ccc(F)cc2)CC1. The Morgan fingerprint density at radius 1 is 1.19 bits per heavy atom. The van der Waals surface area contributed by atoms with E-state index in [2.05, 4.69) is 17.6 Å². The zero-order chi connectivity index (χ0) is 18.1. The molecular weight excluding hydrogens is 349 g/mol. The molecule has 1 aliphatic heterocycles. The first-order chi connectivity index (χ1) is 12.7. The van der Waals surface area contributed by atoms with Crippen molar-refractivity contribution in [3.8, 4) is 0 Å². The van der Waals surface area contributed by atoms with Crippen molar-refractivity contribution in [1.29, 1.82) is 0 Å². The van der Waals surface area contributed by atoms with Crippen LogP contribution in [0.4, 0.5) is 4.39 Å². The minimum atomic E-state index is -0.241. The molecule has 0 spiro atoms. The number of quaternary nitrogens is 1. The fourth-order valence-electron chi connectivity index (χ4n) is 3.62. The average molecular weight is 372 g/mol. The van der Waals surface area contributed by atoms with E-state index in [9.17, 15) is 9.18 Å². The summed E-state index contributed by atoms with van der Waals surface area (Å²) in [6.07, 6.45) is 0. The molecular formula is C20H23FN3OS+. The van der Waals surface area contributed by atoms with Gasteiger partial charge in [0.15, 0.2) is 0 Å². The molecule has 3 aromatic rings. The van der Waals surface area contributed by atoms with Crippen molar-refractivity contribution in [2.45, 2.75) is 13.5 Å². The minimum Gasteiger partial charge on any atom is -0.332 e. The van der Waals surface area contributed by atoms with Gasteiger partial charge >= 0.3 is 0 Å². The number of likely N-dealkylation sites (N-methyl/N-ethyl adjacent to an activating group) is 1. The maximum atomic E-state index is 13.2. The van der Waals surface area contributed by atoms with Crippen molar-refractivity contribution in [3.63, 3.8) is 0 Å². The van der Waals surface area contributed by atoms with E-state index < -0.39 is 0 Å². The Hall–Kier alpha value is -2.18. The number of fused-ring (bicyclic) bond motifs is 1. The van der Waals surface area contributed by atoms with Gasteiger partial charge in [0.2, 0.25) is 0 Å². The molecule has 1 fully saturated rings. The van der Waals surface area contributed by atoms with E-state index in [-0.39, 0.29) is 11.7 Å². The van der Waals surface area contributed by atoms with Crippen LogP contribution in [0.1, 0.15) is 23.0 Å². The zero-order valence-electron chi connectivity index (χ0n) is 14.9. The highest BCUT2D eigenvalue weighted by Gasteiger charge is 2.26. The highest BCUT2D eigenvalue weighted by Crippen LogP contribution is 2.27. The van der Waals surface area contributed by atoms with Gasteiger partial charge in [-0.25, -0.2) is 4.39 Å². The molecule has 1 N–H and O–H groups in total. The second kappa shape index (κ2) is 7.21. The number of amides is 1. The van der Waals surface area contributed by atoms with E-state index in [0.717, 1.165) is 54.2 Å². The summed E-state index contributed by atoms with van der Waals surface area (Å²) in [6, 6.07) is 10.6. The standard InChI is InChI=1S/C20H22FN3OS/c1-2-22-8-10-23(11-9-22)19(25)18-13-16-7-12-26-20(16)24(18)14-15-3-5-17(21)6-4-15/h3-7,12-13H,2,8-11,14H2,1H3/p+1. The van der Waals surface area contributed by atoms with Gasteiger partial charge in [-0.3, -0.25) is 4.79 Å². The molecule has 0 saturated carbocycles. The van der Waals surface area contributed by atoms with Gasteiger partial charge < -0.3 is 14.4 Å². The van der Waals surface area contributed by atoms with Crippen LogP contribution in [0.15, 0.2) is 41.8 Å². The first-order valence-electron chi connectivity index (χ1n) is 9.09. The van der Waals surface area contributed by atoms with Crippen LogP contribution in [-0.2, 0) is 6.54 Å². The van der Waals surface area contributed by atoms with E-state index in [1.807, 2.05) is 16.3 Å². The normalized spacial score (nSPS) is 15.7. The van der Waals surface area contributed by atoms with Gasteiger partial charge in [0.25, 0.3) is 5.91 Å². The number of aromatic nitrogens is 1. The lowest BCUT2D eigenvalue weighted by atomic mass is 10.2. The van der Waals surface area contributed by atoms with Crippen LogP contribution < -0.4 is 4.90 Å². The summed E-state index contributed by atoms with van der Waals surface area (Å²) >= 11 is 1.64. The number of thiophene rings is 1. The number of carbonyl (C=O) groups excluding carboxylic acids is 1. The van der Waals surface area contributed by atoms with Gasteiger partial charge in [-0.2, -0.15) is 0 Å². The van der Waals surface area contributed by atoms with Crippen molar-refractivity contribution < 1.29 is 14.1 Å². The van der Waals surface area contributed by atoms with Crippen LogP contribution in [0.3, 0.4) is 0 Å². The van der Waals surface area contributed by atoms with E-state index >= 15 is 0 Å². The molecule has 6 heteroatoms. The van der Waals surface area contributed by atoms with Gasteiger partial charge in [-0.05, 0) is 42.1 Å². The van der Waals surface area contributed by atoms with E-state index in [0.29, 0.717) is 6.54 Å². The summed E-state index contributed by atoms with van der Waals surface area (Å²) in [4.78, 5) is 17.8. The highest BCUT2D eigenvalue weighted by atomic mass is 32.1. The quantitative estimate of drug-likeness (QED) is 0.748. The summed E-state index contributed by atoms with van der Waals surface area (Å²) < 4.78 is 15.3. The predicted molar refractivity (Wildman–Crippen MR) is 102 cm³/mol. The van der Waals surface area contributed by atoms with Gasteiger partial charge in [0, 0.05) is 11.9 Å². The first-order valence-corrected chi connectivity index (χ1v) is 9.97. The molecule has 2 aromatic heterocycles. The van der Waals surface area contributed by atoms with Crippen LogP contribution in [0.5, 0.6) is 0 Å². The molecule has 1 saturated heterocycles. The smallest absolute Gasteiger partial charge is 0.270 e. The van der Waals surface area contributed by atoms with Crippen LogP contribution >= 0.6 is 11.3 Å². The van der Waals surface area contributed by atoms with Crippen molar-refractivity contribution in [2.75, 3.05) is 32.7 Å². The molecule has 4 nitrogen and oxygen atoms in total. The van der Waals surface area contributed by atoms with Crippen LogP contribution in [0, 0.1) is 5.82 Å². The predicted octanol–water partition coefficient (Wildman–Crippen LogP) is 2.25. The molecule has 0 aliphatic carbocycles.